The van der Waals surface area contributed by atoms with Gasteiger partial charge in [0.15, 0.2) is 0 Å². The van der Waals surface area contributed by atoms with Crippen LogP contribution < -0.4 is 5.32 Å². The zero-order valence-corrected chi connectivity index (χ0v) is 15.9. The van der Waals surface area contributed by atoms with Crippen LogP contribution in [0.3, 0.4) is 0 Å². The monoisotopic (exact) mass is 401 g/mol. The first-order chi connectivity index (χ1) is 12.2. The average Bonchev–Trinajstić information content (AvgIpc) is 2.63. The minimum absolute atomic E-state index is 0.0503. The molecular weight excluding hydrogens is 378 g/mol. The number of carbonyl (C=O) groups excluding carboxylic acids is 1. The molecule has 0 radical (unpaired) electrons. The highest BCUT2D eigenvalue weighted by molar-refractivity contribution is 9.10. The van der Waals surface area contributed by atoms with E-state index in [0.717, 1.165) is 43.6 Å². The summed E-state index contributed by atoms with van der Waals surface area (Å²) >= 11 is 3.47. The van der Waals surface area contributed by atoms with Crippen LogP contribution in [0, 0.1) is 0 Å². The smallest absolute Gasteiger partial charge is 0.317 e. The zero-order valence-electron chi connectivity index (χ0n) is 14.3. The number of nitrogens with zero attached hydrogens (tertiary/aromatic N) is 2. The van der Waals surface area contributed by atoms with Crippen molar-refractivity contribution in [2.24, 2.45) is 0 Å². The van der Waals surface area contributed by atoms with E-state index in [0.29, 0.717) is 6.54 Å². The summed E-state index contributed by atoms with van der Waals surface area (Å²) in [5.74, 6) is 0. The Morgan fingerprint density at radius 3 is 2.40 bits per heavy atom. The fraction of sp³-hybridized carbons (Fsp3) is 0.350. The highest BCUT2D eigenvalue weighted by Crippen LogP contribution is 2.12. The molecule has 1 N–H and O–H groups in total. The summed E-state index contributed by atoms with van der Waals surface area (Å²) < 4.78 is 1.07. The number of amides is 2. The largest absolute Gasteiger partial charge is 0.338 e. The third kappa shape index (κ3) is 5.58. The summed E-state index contributed by atoms with van der Waals surface area (Å²) in [6.07, 6.45) is 0.846. The van der Waals surface area contributed by atoms with Crippen molar-refractivity contribution in [3.8, 4) is 0 Å². The van der Waals surface area contributed by atoms with Gasteiger partial charge in [-0.3, -0.25) is 4.90 Å². The molecule has 132 valence electrons. The van der Waals surface area contributed by atoms with Gasteiger partial charge in [-0.05, 0) is 29.7 Å². The summed E-state index contributed by atoms with van der Waals surface area (Å²) in [5.41, 5.74) is 2.55. The lowest BCUT2D eigenvalue weighted by Crippen LogP contribution is -2.51. The van der Waals surface area contributed by atoms with Crippen molar-refractivity contribution in [1.82, 2.24) is 15.1 Å². The van der Waals surface area contributed by atoms with E-state index in [1.54, 1.807) is 0 Å². The van der Waals surface area contributed by atoms with Gasteiger partial charge in [-0.2, -0.15) is 0 Å². The maximum Gasteiger partial charge on any atom is 0.317 e. The Morgan fingerprint density at radius 1 is 0.960 bits per heavy atom. The van der Waals surface area contributed by atoms with Gasteiger partial charge in [0.1, 0.15) is 0 Å². The molecule has 2 aromatic rings. The van der Waals surface area contributed by atoms with Crippen LogP contribution in [0.2, 0.25) is 0 Å². The molecule has 25 heavy (non-hydrogen) atoms. The predicted octanol–water partition coefficient (Wildman–Crippen LogP) is 3.52. The normalized spacial score (nSPS) is 15.2. The Kier molecular flexibility index (Phi) is 6.48. The minimum atomic E-state index is 0.0503. The molecule has 4 nitrogen and oxygen atoms in total. The summed E-state index contributed by atoms with van der Waals surface area (Å²) in [4.78, 5) is 16.6. The topological polar surface area (TPSA) is 35.6 Å². The summed E-state index contributed by atoms with van der Waals surface area (Å²) in [6, 6.07) is 18.8. The average molecular weight is 402 g/mol. The van der Waals surface area contributed by atoms with Crippen molar-refractivity contribution in [2.45, 2.75) is 13.0 Å². The maximum absolute atomic E-state index is 12.3. The number of carbonyl (C=O) groups is 1. The van der Waals surface area contributed by atoms with Gasteiger partial charge < -0.3 is 10.2 Å². The molecule has 0 aliphatic carbocycles. The molecule has 1 saturated heterocycles. The third-order valence-corrected chi connectivity index (χ3v) is 4.98. The van der Waals surface area contributed by atoms with Crippen molar-refractivity contribution in [3.63, 3.8) is 0 Å². The summed E-state index contributed by atoms with van der Waals surface area (Å²) in [5, 5.41) is 3.04. The lowest BCUT2D eigenvalue weighted by molar-refractivity contribution is 0.135. The van der Waals surface area contributed by atoms with E-state index in [2.05, 4.69) is 62.5 Å². The van der Waals surface area contributed by atoms with Gasteiger partial charge >= 0.3 is 6.03 Å². The molecule has 0 aromatic heterocycles. The number of halogens is 1. The van der Waals surface area contributed by atoms with Gasteiger partial charge in [0, 0.05) is 43.7 Å². The van der Waals surface area contributed by atoms with E-state index in [-0.39, 0.29) is 6.03 Å². The first-order valence-corrected chi connectivity index (χ1v) is 9.53. The first-order valence-electron chi connectivity index (χ1n) is 8.74. The van der Waals surface area contributed by atoms with Crippen molar-refractivity contribution in [3.05, 3.63) is 70.2 Å². The number of hydrogen-bond acceptors (Lipinski definition) is 2. The van der Waals surface area contributed by atoms with Gasteiger partial charge in [-0.25, -0.2) is 4.79 Å². The van der Waals surface area contributed by atoms with Crippen molar-refractivity contribution in [1.29, 1.82) is 0 Å². The van der Waals surface area contributed by atoms with Crippen LogP contribution in [-0.4, -0.2) is 48.6 Å². The van der Waals surface area contributed by atoms with Gasteiger partial charge in [-0.15, -0.1) is 0 Å². The summed E-state index contributed by atoms with van der Waals surface area (Å²) in [6.45, 7) is 5.05. The van der Waals surface area contributed by atoms with Gasteiger partial charge in [0.05, 0.1) is 0 Å². The molecular formula is C20H24BrN3O. The van der Waals surface area contributed by atoms with E-state index in [4.69, 9.17) is 0 Å². The van der Waals surface area contributed by atoms with Crippen LogP contribution in [0.1, 0.15) is 11.1 Å². The molecule has 1 heterocycles. The number of rotatable bonds is 5. The molecule has 5 heteroatoms. The lowest BCUT2D eigenvalue weighted by Gasteiger charge is -2.34. The fourth-order valence-electron chi connectivity index (χ4n) is 3.07. The lowest BCUT2D eigenvalue weighted by atomic mass is 10.1. The summed E-state index contributed by atoms with van der Waals surface area (Å²) in [7, 11) is 0. The third-order valence-electron chi connectivity index (χ3n) is 4.49. The standard InChI is InChI=1S/C20H24BrN3O/c21-19-8-4-7-17(15-19)9-10-22-20(25)24-13-11-23(12-14-24)16-18-5-2-1-3-6-18/h1-8,15H,9-14,16H2,(H,22,25). The Labute approximate surface area is 158 Å². The van der Waals surface area contributed by atoms with E-state index in [1.807, 2.05) is 23.1 Å². The molecule has 1 aliphatic heterocycles. The highest BCUT2D eigenvalue weighted by Gasteiger charge is 2.20. The Hall–Kier alpha value is -1.85. The van der Waals surface area contributed by atoms with E-state index >= 15 is 0 Å². The molecule has 2 aromatic carbocycles. The second-order valence-electron chi connectivity index (χ2n) is 6.36. The molecule has 0 saturated carbocycles. The van der Waals surface area contributed by atoms with E-state index in [1.165, 1.54) is 11.1 Å². The maximum atomic E-state index is 12.3. The molecule has 3 rings (SSSR count). The number of benzene rings is 2. The van der Waals surface area contributed by atoms with E-state index in [9.17, 15) is 4.79 Å². The van der Waals surface area contributed by atoms with Crippen molar-refractivity contribution < 1.29 is 4.79 Å². The molecule has 2 amide bonds. The molecule has 0 spiro atoms. The second kappa shape index (κ2) is 9.02. The van der Waals surface area contributed by atoms with Crippen molar-refractivity contribution >= 4 is 22.0 Å². The Morgan fingerprint density at radius 2 is 1.68 bits per heavy atom. The van der Waals surface area contributed by atoms with E-state index < -0.39 is 0 Å². The zero-order chi connectivity index (χ0) is 17.5. The molecule has 0 unspecified atom stereocenters. The van der Waals surface area contributed by atoms with Crippen molar-refractivity contribution in [2.75, 3.05) is 32.7 Å². The van der Waals surface area contributed by atoms with Crippen LogP contribution in [0.25, 0.3) is 0 Å². The molecule has 0 atom stereocenters. The number of nitrogens with one attached hydrogen (secondary N) is 1. The van der Waals surface area contributed by atoms with Crippen LogP contribution in [0.15, 0.2) is 59.1 Å². The van der Waals surface area contributed by atoms with Gasteiger partial charge in [-0.1, -0.05) is 58.4 Å². The van der Waals surface area contributed by atoms with Crippen LogP contribution in [0.4, 0.5) is 4.79 Å². The second-order valence-corrected chi connectivity index (χ2v) is 7.28. The number of piperazine rings is 1. The van der Waals surface area contributed by atoms with Crippen LogP contribution in [0.5, 0.6) is 0 Å². The predicted molar refractivity (Wildman–Crippen MR) is 105 cm³/mol. The van der Waals surface area contributed by atoms with Gasteiger partial charge in [0.2, 0.25) is 0 Å². The highest BCUT2D eigenvalue weighted by atomic mass is 79.9. The fourth-order valence-corrected chi connectivity index (χ4v) is 3.52. The molecule has 1 fully saturated rings. The van der Waals surface area contributed by atoms with Crippen LogP contribution >= 0.6 is 15.9 Å². The Balaban J connectivity index is 1.38. The molecule has 0 bridgehead atoms. The SMILES string of the molecule is O=C(NCCc1cccc(Br)c1)N1CCN(Cc2ccccc2)CC1. The number of hydrogen-bond donors (Lipinski definition) is 1. The number of urea groups is 1. The van der Waals surface area contributed by atoms with Crippen LogP contribution in [-0.2, 0) is 13.0 Å². The quantitative estimate of drug-likeness (QED) is 0.831. The Bertz CT molecular complexity index is 684. The first kappa shape index (κ1) is 18.0. The molecule has 1 aliphatic rings. The minimum Gasteiger partial charge on any atom is -0.338 e. The van der Waals surface area contributed by atoms with Gasteiger partial charge in [0.25, 0.3) is 0 Å².